The number of nitrogens with two attached hydrogens (primary N) is 2. The van der Waals surface area contributed by atoms with Crippen molar-refractivity contribution in [3.8, 4) is 22.6 Å². The molecule has 6 nitrogen and oxygen atoms in total. The van der Waals surface area contributed by atoms with Crippen LogP contribution in [0.25, 0.3) is 22.6 Å². The molecule has 116 valence electrons. The van der Waals surface area contributed by atoms with Gasteiger partial charge in [0.15, 0.2) is 0 Å². The summed E-state index contributed by atoms with van der Waals surface area (Å²) in [4.78, 5) is 20.1. The summed E-state index contributed by atoms with van der Waals surface area (Å²) >= 11 is 0. The number of primary amides is 1. The Balaban J connectivity index is 2.29. The van der Waals surface area contributed by atoms with Gasteiger partial charge >= 0.3 is 0 Å². The Labute approximate surface area is 133 Å². The van der Waals surface area contributed by atoms with Gasteiger partial charge in [-0.25, -0.2) is 9.97 Å². The quantitative estimate of drug-likeness (QED) is 0.772. The fourth-order valence-electron chi connectivity index (χ4n) is 2.70. The standard InChI is InChI=1S/C17H17N5O/c1-2-22-14(13-8-9-20-17(19)21-13)10-12(16(18)23)15(22)11-6-4-3-5-7-11/h3-10H,2H2,1H3,(H2,18,23)(H2,19,20,21). The molecule has 2 aromatic heterocycles. The molecule has 0 atom stereocenters. The van der Waals surface area contributed by atoms with Crippen LogP contribution in [0.5, 0.6) is 0 Å². The molecule has 0 radical (unpaired) electrons. The number of carbonyl (C=O) groups is 1. The summed E-state index contributed by atoms with van der Waals surface area (Å²) in [7, 11) is 0. The number of rotatable bonds is 4. The monoisotopic (exact) mass is 307 g/mol. The van der Waals surface area contributed by atoms with Crippen LogP contribution in [0.3, 0.4) is 0 Å². The lowest BCUT2D eigenvalue weighted by Gasteiger charge is -2.12. The molecule has 3 aromatic rings. The van der Waals surface area contributed by atoms with E-state index in [0.717, 1.165) is 17.0 Å². The predicted molar refractivity (Wildman–Crippen MR) is 89.5 cm³/mol. The third-order valence-corrected chi connectivity index (χ3v) is 3.66. The van der Waals surface area contributed by atoms with Crippen LogP contribution < -0.4 is 11.5 Å². The minimum atomic E-state index is -0.473. The molecule has 1 amide bonds. The fourth-order valence-corrected chi connectivity index (χ4v) is 2.70. The molecule has 0 fully saturated rings. The van der Waals surface area contributed by atoms with Crippen LogP contribution in [-0.4, -0.2) is 20.4 Å². The lowest BCUT2D eigenvalue weighted by atomic mass is 10.1. The van der Waals surface area contributed by atoms with Crippen molar-refractivity contribution in [2.45, 2.75) is 13.5 Å². The van der Waals surface area contributed by atoms with E-state index in [2.05, 4.69) is 9.97 Å². The number of anilines is 1. The predicted octanol–water partition coefficient (Wildman–Crippen LogP) is 2.31. The number of carbonyl (C=O) groups excluding carboxylic acids is 1. The molecule has 4 N–H and O–H groups in total. The molecule has 6 heteroatoms. The van der Waals surface area contributed by atoms with Crippen LogP contribution in [0.1, 0.15) is 17.3 Å². The number of aromatic nitrogens is 3. The smallest absolute Gasteiger partial charge is 0.250 e. The second-order valence-corrected chi connectivity index (χ2v) is 5.07. The molecule has 0 unspecified atom stereocenters. The summed E-state index contributed by atoms with van der Waals surface area (Å²) in [5, 5.41) is 0. The van der Waals surface area contributed by atoms with E-state index >= 15 is 0 Å². The van der Waals surface area contributed by atoms with Gasteiger partial charge in [-0.1, -0.05) is 30.3 Å². The van der Waals surface area contributed by atoms with Gasteiger partial charge in [0.05, 0.1) is 22.6 Å². The third-order valence-electron chi connectivity index (χ3n) is 3.66. The largest absolute Gasteiger partial charge is 0.368 e. The Bertz CT molecular complexity index is 855. The summed E-state index contributed by atoms with van der Waals surface area (Å²) < 4.78 is 2.01. The SMILES string of the molecule is CCn1c(-c2ccnc(N)n2)cc(C(N)=O)c1-c1ccccc1. The van der Waals surface area contributed by atoms with E-state index in [4.69, 9.17) is 11.5 Å². The maximum atomic E-state index is 11.9. The van der Waals surface area contributed by atoms with Gasteiger partial charge in [0, 0.05) is 12.7 Å². The molecular weight excluding hydrogens is 290 g/mol. The Morgan fingerprint density at radius 1 is 1.22 bits per heavy atom. The molecule has 0 aliphatic carbocycles. The Morgan fingerprint density at radius 3 is 2.57 bits per heavy atom. The average Bonchev–Trinajstić information content (AvgIpc) is 2.95. The van der Waals surface area contributed by atoms with E-state index < -0.39 is 5.91 Å². The first-order chi connectivity index (χ1) is 11.1. The molecule has 1 aromatic carbocycles. The van der Waals surface area contributed by atoms with Crippen LogP contribution in [0.2, 0.25) is 0 Å². The molecule has 2 heterocycles. The summed E-state index contributed by atoms with van der Waals surface area (Å²) in [5.74, 6) is -0.285. The normalized spacial score (nSPS) is 10.7. The molecule has 3 rings (SSSR count). The fraction of sp³-hybridized carbons (Fsp3) is 0.118. The van der Waals surface area contributed by atoms with Gasteiger partial charge in [-0.15, -0.1) is 0 Å². The molecule has 23 heavy (non-hydrogen) atoms. The maximum absolute atomic E-state index is 11.9. The van der Waals surface area contributed by atoms with Crippen LogP contribution in [0.15, 0.2) is 48.7 Å². The van der Waals surface area contributed by atoms with Gasteiger partial charge in [0.25, 0.3) is 5.91 Å². The number of hydrogen-bond donors (Lipinski definition) is 2. The number of hydrogen-bond acceptors (Lipinski definition) is 4. The Kier molecular flexibility index (Phi) is 3.80. The average molecular weight is 307 g/mol. The maximum Gasteiger partial charge on any atom is 0.250 e. The highest BCUT2D eigenvalue weighted by atomic mass is 16.1. The van der Waals surface area contributed by atoms with E-state index in [1.54, 1.807) is 18.3 Å². The van der Waals surface area contributed by atoms with E-state index in [0.29, 0.717) is 17.8 Å². The molecule has 0 saturated carbocycles. The van der Waals surface area contributed by atoms with Gasteiger partial charge in [-0.05, 0) is 24.6 Å². The van der Waals surface area contributed by atoms with Crippen molar-refractivity contribution in [3.05, 3.63) is 54.2 Å². The van der Waals surface area contributed by atoms with Crippen molar-refractivity contribution in [2.75, 3.05) is 5.73 Å². The Morgan fingerprint density at radius 2 is 1.96 bits per heavy atom. The van der Waals surface area contributed by atoms with Crippen LogP contribution in [0.4, 0.5) is 5.95 Å². The Hall–Kier alpha value is -3.15. The number of nitrogens with zero attached hydrogens (tertiary/aromatic N) is 3. The van der Waals surface area contributed by atoms with Gasteiger partial charge in [-0.2, -0.15) is 0 Å². The van der Waals surface area contributed by atoms with Crippen molar-refractivity contribution < 1.29 is 4.79 Å². The lowest BCUT2D eigenvalue weighted by Crippen LogP contribution is -2.12. The molecule has 0 aliphatic heterocycles. The number of amides is 1. The lowest BCUT2D eigenvalue weighted by molar-refractivity contribution is 0.100. The molecule has 0 spiro atoms. The number of nitrogen functional groups attached to an aromatic ring is 1. The van der Waals surface area contributed by atoms with Crippen LogP contribution in [-0.2, 0) is 6.54 Å². The molecule has 0 aliphatic rings. The minimum absolute atomic E-state index is 0.188. The first kappa shape index (κ1) is 14.8. The van der Waals surface area contributed by atoms with Crippen LogP contribution in [0, 0.1) is 0 Å². The highest BCUT2D eigenvalue weighted by Gasteiger charge is 2.20. The highest BCUT2D eigenvalue weighted by Crippen LogP contribution is 2.32. The molecular formula is C17H17N5O. The topological polar surface area (TPSA) is 99.8 Å². The third kappa shape index (κ3) is 2.66. The summed E-state index contributed by atoms with van der Waals surface area (Å²) in [6, 6.07) is 13.2. The second kappa shape index (κ2) is 5.92. The van der Waals surface area contributed by atoms with E-state index in [1.165, 1.54) is 0 Å². The van der Waals surface area contributed by atoms with Gasteiger partial charge in [0.2, 0.25) is 5.95 Å². The van der Waals surface area contributed by atoms with Crippen molar-refractivity contribution in [2.24, 2.45) is 5.73 Å². The van der Waals surface area contributed by atoms with E-state index in [9.17, 15) is 4.79 Å². The summed E-state index contributed by atoms with van der Waals surface area (Å²) in [5.41, 5.74) is 14.9. The zero-order valence-corrected chi connectivity index (χ0v) is 12.7. The van der Waals surface area contributed by atoms with Crippen LogP contribution >= 0.6 is 0 Å². The van der Waals surface area contributed by atoms with Crippen molar-refractivity contribution >= 4 is 11.9 Å². The molecule has 0 saturated heterocycles. The first-order valence-electron chi connectivity index (χ1n) is 7.29. The summed E-state index contributed by atoms with van der Waals surface area (Å²) in [6.45, 7) is 2.67. The second-order valence-electron chi connectivity index (χ2n) is 5.07. The minimum Gasteiger partial charge on any atom is -0.368 e. The van der Waals surface area contributed by atoms with Crippen molar-refractivity contribution in [1.29, 1.82) is 0 Å². The van der Waals surface area contributed by atoms with Gasteiger partial charge in [0.1, 0.15) is 0 Å². The highest BCUT2D eigenvalue weighted by molar-refractivity contribution is 6.01. The van der Waals surface area contributed by atoms with Crippen molar-refractivity contribution in [3.63, 3.8) is 0 Å². The van der Waals surface area contributed by atoms with E-state index in [1.807, 2.05) is 41.8 Å². The molecule has 0 bridgehead atoms. The summed E-state index contributed by atoms with van der Waals surface area (Å²) in [6.07, 6.45) is 1.59. The van der Waals surface area contributed by atoms with Gasteiger partial charge < -0.3 is 16.0 Å². The zero-order valence-electron chi connectivity index (χ0n) is 12.7. The number of benzene rings is 1. The van der Waals surface area contributed by atoms with E-state index in [-0.39, 0.29) is 5.95 Å². The first-order valence-corrected chi connectivity index (χ1v) is 7.29. The van der Waals surface area contributed by atoms with Crippen molar-refractivity contribution in [1.82, 2.24) is 14.5 Å². The zero-order chi connectivity index (χ0) is 16.4. The van der Waals surface area contributed by atoms with Gasteiger partial charge in [-0.3, -0.25) is 4.79 Å².